The predicted molar refractivity (Wildman–Crippen MR) is 117 cm³/mol. The van der Waals surface area contributed by atoms with Gasteiger partial charge in [-0.1, -0.05) is 0 Å². The van der Waals surface area contributed by atoms with E-state index in [1.165, 1.54) is 38.4 Å². The lowest BCUT2D eigenvalue weighted by Gasteiger charge is -2.22. The van der Waals surface area contributed by atoms with Crippen molar-refractivity contribution in [3.05, 3.63) is 48.4 Å². The molecule has 0 aliphatic rings. The van der Waals surface area contributed by atoms with Gasteiger partial charge in [-0.2, -0.15) is 11.8 Å². The Kier molecular flexibility index (Phi) is 8.35. The number of amides is 1. The van der Waals surface area contributed by atoms with Crippen molar-refractivity contribution in [3.63, 3.8) is 0 Å². The second-order valence-electron chi connectivity index (χ2n) is 6.53. The van der Waals surface area contributed by atoms with Crippen molar-refractivity contribution in [3.8, 4) is 0 Å². The minimum atomic E-state index is -3.75. The Labute approximate surface area is 181 Å². The maximum atomic E-state index is 12.2. The highest BCUT2D eigenvalue weighted by atomic mass is 32.2. The SMILES string of the molecule is CN(C)S(=O)(=O)c1ccc(N(CC(=O)NCCSCc2ccco2)S(C)(=O)=O)cc1. The first kappa shape index (κ1) is 24.3. The van der Waals surface area contributed by atoms with Crippen molar-refractivity contribution >= 4 is 43.4 Å². The van der Waals surface area contributed by atoms with Crippen molar-refractivity contribution in [1.29, 1.82) is 0 Å². The van der Waals surface area contributed by atoms with Crippen LogP contribution in [0.15, 0.2) is 52.0 Å². The zero-order valence-electron chi connectivity index (χ0n) is 16.9. The maximum Gasteiger partial charge on any atom is 0.242 e. The normalized spacial score (nSPS) is 12.1. The van der Waals surface area contributed by atoms with E-state index in [9.17, 15) is 21.6 Å². The predicted octanol–water partition coefficient (Wildman–Crippen LogP) is 1.35. The van der Waals surface area contributed by atoms with Gasteiger partial charge in [0.1, 0.15) is 12.3 Å². The van der Waals surface area contributed by atoms with E-state index in [4.69, 9.17) is 4.42 Å². The van der Waals surface area contributed by atoms with Crippen LogP contribution in [-0.2, 0) is 30.6 Å². The fourth-order valence-corrected chi connectivity index (χ4v) is 4.93. The topological polar surface area (TPSA) is 117 Å². The van der Waals surface area contributed by atoms with Gasteiger partial charge >= 0.3 is 0 Å². The molecule has 0 fully saturated rings. The first-order valence-corrected chi connectivity index (χ1v) is 13.3. The van der Waals surface area contributed by atoms with Gasteiger partial charge in [0.2, 0.25) is 26.0 Å². The number of anilines is 1. The Hall–Kier alpha value is -2.02. The number of sulfonamides is 2. The highest BCUT2D eigenvalue weighted by Gasteiger charge is 2.22. The minimum Gasteiger partial charge on any atom is -0.468 e. The fourth-order valence-electron chi connectivity index (χ4n) is 2.41. The molecule has 0 unspecified atom stereocenters. The molecule has 1 amide bonds. The van der Waals surface area contributed by atoms with Crippen molar-refractivity contribution < 1.29 is 26.0 Å². The summed E-state index contributed by atoms with van der Waals surface area (Å²) in [4.78, 5) is 12.3. The standard InChI is InChI=1S/C18H25N3O6S3/c1-20(2)30(25,26)17-8-6-15(7-9-17)21(29(3,23)24)13-18(22)19-10-12-28-14-16-5-4-11-27-16/h4-9,11H,10,12-14H2,1-3H3,(H,19,22). The number of benzene rings is 1. The van der Waals surface area contributed by atoms with Crippen LogP contribution in [0.3, 0.4) is 0 Å². The van der Waals surface area contributed by atoms with Crippen LogP contribution in [0.2, 0.25) is 0 Å². The van der Waals surface area contributed by atoms with E-state index in [2.05, 4.69) is 5.32 Å². The van der Waals surface area contributed by atoms with Gasteiger partial charge in [0, 0.05) is 26.4 Å². The minimum absolute atomic E-state index is 0.0303. The number of hydrogen-bond donors (Lipinski definition) is 1. The van der Waals surface area contributed by atoms with Crippen LogP contribution in [-0.4, -0.2) is 66.2 Å². The lowest BCUT2D eigenvalue weighted by molar-refractivity contribution is -0.119. The number of nitrogens with one attached hydrogen (secondary N) is 1. The average Bonchev–Trinajstić information content (AvgIpc) is 3.18. The molecule has 1 heterocycles. The van der Waals surface area contributed by atoms with E-state index in [1.807, 2.05) is 6.07 Å². The molecule has 0 aliphatic carbocycles. The number of nitrogens with zero attached hydrogens (tertiary/aromatic N) is 2. The molecule has 0 bridgehead atoms. The second kappa shape index (κ2) is 10.3. The summed E-state index contributed by atoms with van der Waals surface area (Å²) in [5, 5.41) is 2.69. The molecule has 12 heteroatoms. The molecule has 1 aromatic carbocycles. The van der Waals surface area contributed by atoms with Gasteiger partial charge in [-0.3, -0.25) is 9.10 Å². The summed E-state index contributed by atoms with van der Waals surface area (Å²) in [5.41, 5.74) is 0.206. The molecule has 9 nitrogen and oxygen atoms in total. The van der Waals surface area contributed by atoms with Gasteiger partial charge in [0.05, 0.1) is 28.9 Å². The van der Waals surface area contributed by atoms with Gasteiger partial charge in [-0.25, -0.2) is 21.1 Å². The third-order valence-corrected chi connectivity index (χ3v) is 7.94. The molecule has 2 aromatic rings. The summed E-state index contributed by atoms with van der Waals surface area (Å²) < 4.78 is 55.9. The van der Waals surface area contributed by atoms with E-state index >= 15 is 0 Å². The number of carbonyl (C=O) groups is 1. The van der Waals surface area contributed by atoms with E-state index in [0.29, 0.717) is 18.1 Å². The third kappa shape index (κ3) is 6.76. The summed E-state index contributed by atoms with van der Waals surface area (Å²) in [6, 6.07) is 9.02. The molecule has 0 saturated carbocycles. The Bertz CT molecular complexity index is 1030. The van der Waals surface area contributed by atoms with Gasteiger partial charge in [0.25, 0.3) is 0 Å². The number of thioether (sulfide) groups is 1. The molecule has 30 heavy (non-hydrogen) atoms. The highest BCUT2D eigenvalue weighted by Crippen LogP contribution is 2.21. The van der Waals surface area contributed by atoms with E-state index in [1.54, 1.807) is 24.1 Å². The zero-order valence-corrected chi connectivity index (χ0v) is 19.4. The Morgan fingerprint density at radius 3 is 2.30 bits per heavy atom. The maximum absolute atomic E-state index is 12.2. The summed E-state index contributed by atoms with van der Waals surface area (Å²) >= 11 is 1.58. The van der Waals surface area contributed by atoms with Crippen LogP contribution >= 0.6 is 11.8 Å². The summed E-state index contributed by atoms with van der Waals surface area (Å²) in [5.74, 6) is 1.71. The molecule has 2 rings (SSSR count). The van der Waals surface area contributed by atoms with Crippen LogP contribution in [0.25, 0.3) is 0 Å². The van der Waals surface area contributed by atoms with Crippen molar-refractivity contribution in [1.82, 2.24) is 9.62 Å². The number of furan rings is 1. The smallest absolute Gasteiger partial charge is 0.242 e. The molecule has 0 atom stereocenters. The third-order valence-electron chi connectivity index (χ3n) is 3.98. The monoisotopic (exact) mass is 475 g/mol. The molecule has 0 saturated heterocycles. The highest BCUT2D eigenvalue weighted by molar-refractivity contribution is 7.98. The molecular weight excluding hydrogens is 450 g/mol. The van der Waals surface area contributed by atoms with Crippen LogP contribution in [0.5, 0.6) is 0 Å². The Morgan fingerprint density at radius 2 is 1.77 bits per heavy atom. The second-order valence-corrected chi connectivity index (χ2v) is 11.7. The van der Waals surface area contributed by atoms with Crippen molar-refractivity contribution in [2.75, 3.05) is 43.5 Å². The molecule has 0 aliphatic heterocycles. The van der Waals surface area contributed by atoms with Crippen LogP contribution in [0.1, 0.15) is 5.76 Å². The quantitative estimate of drug-likeness (QED) is 0.488. The molecule has 1 N–H and O–H groups in total. The molecule has 0 radical (unpaired) electrons. The number of carbonyl (C=O) groups excluding carboxylic acids is 1. The largest absolute Gasteiger partial charge is 0.468 e. The Balaban J connectivity index is 1.96. The van der Waals surface area contributed by atoms with Gasteiger partial charge < -0.3 is 9.73 Å². The first-order chi connectivity index (χ1) is 14.0. The summed E-state index contributed by atoms with van der Waals surface area (Å²) in [6.45, 7) is -0.0245. The fraction of sp³-hybridized carbons (Fsp3) is 0.389. The van der Waals surface area contributed by atoms with Gasteiger partial charge in [-0.15, -0.1) is 0 Å². The van der Waals surface area contributed by atoms with Gasteiger partial charge in [0.15, 0.2) is 0 Å². The zero-order chi connectivity index (χ0) is 22.4. The van der Waals surface area contributed by atoms with Crippen LogP contribution < -0.4 is 9.62 Å². The van der Waals surface area contributed by atoms with Crippen molar-refractivity contribution in [2.24, 2.45) is 0 Å². The lowest BCUT2D eigenvalue weighted by Crippen LogP contribution is -2.41. The summed E-state index contributed by atoms with van der Waals surface area (Å²) in [7, 11) is -4.57. The molecule has 166 valence electrons. The summed E-state index contributed by atoms with van der Waals surface area (Å²) in [6.07, 6.45) is 2.59. The number of rotatable bonds is 11. The molecular formula is C18H25N3O6S3. The van der Waals surface area contributed by atoms with E-state index in [0.717, 1.165) is 20.6 Å². The lowest BCUT2D eigenvalue weighted by atomic mass is 10.3. The van der Waals surface area contributed by atoms with Gasteiger partial charge in [-0.05, 0) is 36.4 Å². The van der Waals surface area contributed by atoms with E-state index < -0.39 is 32.5 Å². The first-order valence-electron chi connectivity index (χ1n) is 8.89. The van der Waals surface area contributed by atoms with Crippen LogP contribution in [0.4, 0.5) is 5.69 Å². The van der Waals surface area contributed by atoms with E-state index in [-0.39, 0.29) is 10.6 Å². The van der Waals surface area contributed by atoms with Crippen molar-refractivity contribution in [2.45, 2.75) is 10.6 Å². The molecule has 1 aromatic heterocycles. The van der Waals surface area contributed by atoms with Crippen LogP contribution in [0, 0.1) is 0 Å². The average molecular weight is 476 g/mol. The molecule has 0 spiro atoms. The Morgan fingerprint density at radius 1 is 1.10 bits per heavy atom. The number of hydrogen-bond acceptors (Lipinski definition) is 7.